The number of nitrogens with one attached hydrogen (secondary N) is 2. The molecule has 0 saturated carbocycles. The van der Waals surface area contributed by atoms with Gasteiger partial charge in [-0.25, -0.2) is 4.98 Å². The van der Waals surface area contributed by atoms with Crippen molar-refractivity contribution in [2.24, 2.45) is 0 Å². The zero-order valence-electron chi connectivity index (χ0n) is 16.9. The molecule has 0 aliphatic heterocycles. The van der Waals surface area contributed by atoms with Crippen LogP contribution in [0.2, 0.25) is 0 Å². The Kier molecular flexibility index (Phi) is 6.20. The SMILES string of the molecule is C[C@H](OCc1ccccc1)[C@@H](CCn1ncc2ccccc21)NC(=O)c1cnc[nH]1. The van der Waals surface area contributed by atoms with Gasteiger partial charge in [-0.1, -0.05) is 48.5 Å². The molecule has 0 saturated heterocycles. The molecule has 0 bridgehead atoms. The number of carbonyl (C=O) groups excluding carboxylic acids is 1. The lowest BCUT2D eigenvalue weighted by molar-refractivity contribution is 0.0231. The maximum atomic E-state index is 12.6. The first-order valence-electron chi connectivity index (χ1n) is 10.1. The molecule has 7 heteroatoms. The van der Waals surface area contributed by atoms with Gasteiger partial charge in [0.1, 0.15) is 5.69 Å². The molecule has 0 aliphatic carbocycles. The third kappa shape index (κ3) is 4.75. The van der Waals surface area contributed by atoms with Crippen LogP contribution in [0.1, 0.15) is 29.4 Å². The Morgan fingerprint density at radius 2 is 1.93 bits per heavy atom. The standard InChI is InChI=1S/C23H25N5O2/c1-17(30-15-18-7-3-2-4-8-18)20(27-23(29)21-14-24-16-25-21)11-12-28-22-10-6-5-9-19(22)13-26-28/h2-10,13-14,16-17,20H,11-12,15H2,1H3,(H,24,25)(H,27,29)/t17-,20+/m0/s1. The average molecular weight is 403 g/mol. The summed E-state index contributed by atoms with van der Waals surface area (Å²) in [4.78, 5) is 19.4. The number of fused-ring (bicyclic) bond motifs is 1. The summed E-state index contributed by atoms with van der Waals surface area (Å²) in [7, 11) is 0. The number of hydrogen-bond acceptors (Lipinski definition) is 4. The van der Waals surface area contributed by atoms with Gasteiger partial charge in [-0.05, 0) is 25.0 Å². The van der Waals surface area contributed by atoms with Crippen LogP contribution in [0.4, 0.5) is 0 Å². The topological polar surface area (TPSA) is 84.8 Å². The molecule has 30 heavy (non-hydrogen) atoms. The van der Waals surface area contributed by atoms with Crippen LogP contribution in [0.5, 0.6) is 0 Å². The van der Waals surface area contributed by atoms with Gasteiger partial charge in [0.05, 0.1) is 43.0 Å². The first-order valence-corrected chi connectivity index (χ1v) is 10.1. The van der Waals surface area contributed by atoms with Crippen LogP contribution in [-0.4, -0.2) is 37.8 Å². The number of aromatic nitrogens is 4. The van der Waals surface area contributed by atoms with Crippen LogP contribution in [0.25, 0.3) is 10.9 Å². The van der Waals surface area contributed by atoms with E-state index >= 15 is 0 Å². The molecule has 1 amide bonds. The summed E-state index contributed by atoms with van der Waals surface area (Å²) in [5.41, 5.74) is 2.61. The van der Waals surface area contributed by atoms with E-state index in [0.29, 0.717) is 25.3 Å². The molecule has 154 valence electrons. The summed E-state index contributed by atoms with van der Waals surface area (Å²) in [5, 5.41) is 8.69. The minimum atomic E-state index is -0.196. The number of ether oxygens (including phenoxy) is 1. The second-order valence-corrected chi connectivity index (χ2v) is 7.26. The minimum absolute atomic E-state index is 0.182. The lowest BCUT2D eigenvalue weighted by atomic mass is 10.1. The number of rotatable bonds is 9. The molecule has 0 radical (unpaired) electrons. The number of aromatic amines is 1. The van der Waals surface area contributed by atoms with Gasteiger partial charge in [-0.3, -0.25) is 9.48 Å². The number of para-hydroxylation sites is 1. The maximum Gasteiger partial charge on any atom is 0.269 e. The van der Waals surface area contributed by atoms with Crippen molar-refractivity contribution < 1.29 is 9.53 Å². The molecular weight excluding hydrogens is 378 g/mol. The maximum absolute atomic E-state index is 12.6. The number of hydrogen-bond donors (Lipinski definition) is 2. The van der Waals surface area contributed by atoms with Crippen LogP contribution in [-0.2, 0) is 17.9 Å². The van der Waals surface area contributed by atoms with Crippen LogP contribution in [0.15, 0.2) is 73.3 Å². The van der Waals surface area contributed by atoms with Gasteiger partial charge in [0.25, 0.3) is 5.91 Å². The first kappa shape index (κ1) is 19.8. The van der Waals surface area contributed by atoms with Crippen molar-refractivity contribution in [1.29, 1.82) is 0 Å². The predicted octanol–water partition coefficient (Wildman–Crippen LogP) is 3.55. The molecule has 4 aromatic rings. The Morgan fingerprint density at radius 1 is 1.13 bits per heavy atom. The highest BCUT2D eigenvalue weighted by molar-refractivity contribution is 5.92. The molecule has 0 unspecified atom stereocenters. The third-order valence-corrected chi connectivity index (χ3v) is 5.18. The van der Waals surface area contributed by atoms with Gasteiger partial charge < -0.3 is 15.0 Å². The largest absolute Gasteiger partial charge is 0.372 e. The van der Waals surface area contributed by atoms with Gasteiger partial charge >= 0.3 is 0 Å². The molecule has 0 spiro atoms. The summed E-state index contributed by atoms with van der Waals surface area (Å²) in [5.74, 6) is -0.196. The number of imidazole rings is 1. The van der Waals surface area contributed by atoms with Crippen LogP contribution >= 0.6 is 0 Å². The van der Waals surface area contributed by atoms with Crippen LogP contribution in [0, 0.1) is 0 Å². The molecule has 2 N–H and O–H groups in total. The van der Waals surface area contributed by atoms with E-state index in [-0.39, 0.29) is 18.1 Å². The van der Waals surface area contributed by atoms with Crippen LogP contribution < -0.4 is 5.32 Å². The van der Waals surface area contributed by atoms with E-state index < -0.39 is 0 Å². The summed E-state index contributed by atoms with van der Waals surface area (Å²) in [6.45, 7) is 3.14. The Morgan fingerprint density at radius 3 is 2.73 bits per heavy atom. The van der Waals surface area contributed by atoms with Gasteiger partial charge in [-0.15, -0.1) is 0 Å². The minimum Gasteiger partial charge on any atom is -0.372 e. The van der Waals surface area contributed by atoms with Crippen molar-refractivity contribution in [3.05, 3.63) is 84.6 Å². The average Bonchev–Trinajstić information content (AvgIpc) is 3.46. The molecule has 7 nitrogen and oxygen atoms in total. The fourth-order valence-electron chi connectivity index (χ4n) is 3.43. The Balaban J connectivity index is 1.45. The summed E-state index contributed by atoms with van der Waals surface area (Å²) < 4.78 is 8.06. The number of benzene rings is 2. The quantitative estimate of drug-likeness (QED) is 0.448. The lowest BCUT2D eigenvalue weighted by Crippen LogP contribution is -2.44. The second-order valence-electron chi connectivity index (χ2n) is 7.26. The highest BCUT2D eigenvalue weighted by Gasteiger charge is 2.22. The second kappa shape index (κ2) is 9.37. The fourth-order valence-corrected chi connectivity index (χ4v) is 3.43. The molecule has 4 rings (SSSR count). The van der Waals surface area contributed by atoms with Gasteiger partial charge in [0.2, 0.25) is 0 Å². The van der Waals surface area contributed by atoms with Crippen molar-refractivity contribution in [2.75, 3.05) is 0 Å². The summed E-state index contributed by atoms with van der Waals surface area (Å²) in [6.07, 6.45) is 5.38. The third-order valence-electron chi connectivity index (χ3n) is 5.18. The van der Waals surface area contributed by atoms with Crippen LogP contribution in [0.3, 0.4) is 0 Å². The van der Waals surface area contributed by atoms with E-state index in [4.69, 9.17) is 4.74 Å². The zero-order valence-corrected chi connectivity index (χ0v) is 16.9. The highest BCUT2D eigenvalue weighted by Crippen LogP contribution is 2.15. The van der Waals surface area contributed by atoms with E-state index in [1.54, 1.807) is 0 Å². The van der Waals surface area contributed by atoms with Crippen molar-refractivity contribution in [1.82, 2.24) is 25.1 Å². The van der Waals surface area contributed by atoms with E-state index in [1.807, 2.05) is 66.3 Å². The van der Waals surface area contributed by atoms with E-state index in [2.05, 4.69) is 26.4 Å². The van der Waals surface area contributed by atoms with Gasteiger partial charge in [-0.2, -0.15) is 5.10 Å². The fraction of sp³-hybridized carbons (Fsp3) is 0.261. The van der Waals surface area contributed by atoms with Gasteiger partial charge in [0, 0.05) is 11.9 Å². The molecule has 0 aliphatic rings. The molecule has 0 fully saturated rings. The number of H-pyrrole nitrogens is 1. The first-order chi connectivity index (χ1) is 14.7. The van der Waals surface area contributed by atoms with E-state index in [9.17, 15) is 4.79 Å². The van der Waals surface area contributed by atoms with Crippen molar-refractivity contribution in [2.45, 2.75) is 38.6 Å². The highest BCUT2D eigenvalue weighted by atomic mass is 16.5. The predicted molar refractivity (Wildman–Crippen MR) is 115 cm³/mol. The van der Waals surface area contributed by atoms with Crippen molar-refractivity contribution in [3.63, 3.8) is 0 Å². The molecule has 2 aromatic carbocycles. The Bertz CT molecular complexity index is 1080. The molecule has 2 aromatic heterocycles. The van der Waals surface area contributed by atoms with Crippen molar-refractivity contribution >= 4 is 16.8 Å². The summed E-state index contributed by atoms with van der Waals surface area (Å²) >= 11 is 0. The monoisotopic (exact) mass is 403 g/mol. The molecule has 2 atom stereocenters. The van der Waals surface area contributed by atoms with E-state index in [1.165, 1.54) is 12.5 Å². The van der Waals surface area contributed by atoms with Gasteiger partial charge in [0.15, 0.2) is 0 Å². The molecule has 2 heterocycles. The van der Waals surface area contributed by atoms with Crippen molar-refractivity contribution in [3.8, 4) is 0 Å². The number of carbonyl (C=O) groups is 1. The Hall–Kier alpha value is -3.45. The number of amides is 1. The number of nitrogens with zero attached hydrogens (tertiary/aromatic N) is 3. The molecular formula is C23H25N5O2. The normalized spacial score (nSPS) is 13.2. The smallest absolute Gasteiger partial charge is 0.269 e. The Labute approximate surface area is 175 Å². The number of aryl methyl sites for hydroxylation is 1. The van der Waals surface area contributed by atoms with E-state index in [0.717, 1.165) is 16.5 Å². The zero-order chi connectivity index (χ0) is 20.8. The summed E-state index contributed by atoms with van der Waals surface area (Å²) in [6, 6.07) is 17.9. The lowest BCUT2D eigenvalue weighted by Gasteiger charge is -2.25.